The highest BCUT2D eigenvalue weighted by atomic mass is 16.5. The third kappa shape index (κ3) is 3.26. The predicted molar refractivity (Wildman–Crippen MR) is 109 cm³/mol. The van der Waals surface area contributed by atoms with Crippen LogP contribution >= 0.6 is 0 Å². The second-order valence-corrected chi connectivity index (χ2v) is 7.04. The van der Waals surface area contributed by atoms with Crippen LogP contribution in [0.15, 0.2) is 48.7 Å². The molecule has 7 nitrogen and oxygen atoms in total. The first-order chi connectivity index (χ1) is 14.2. The second-order valence-electron chi connectivity index (χ2n) is 7.04. The highest BCUT2D eigenvalue weighted by Gasteiger charge is 2.48. The van der Waals surface area contributed by atoms with Gasteiger partial charge in [0.25, 0.3) is 0 Å². The number of anilines is 1. The monoisotopic (exact) mass is 392 g/mol. The molecule has 2 aromatic heterocycles. The average molecular weight is 392 g/mol. The van der Waals surface area contributed by atoms with E-state index in [4.69, 9.17) is 9.72 Å². The maximum atomic E-state index is 13.5. The fraction of sp³-hybridized carbons (Fsp3) is 0.364. The summed E-state index contributed by atoms with van der Waals surface area (Å²) < 4.78 is 7.28. The fourth-order valence-corrected chi connectivity index (χ4v) is 3.89. The summed E-state index contributed by atoms with van der Waals surface area (Å²) in [7, 11) is 0. The van der Waals surface area contributed by atoms with E-state index in [-0.39, 0.29) is 12.5 Å². The number of aromatic nitrogens is 3. The Morgan fingerprint density at radius 3 is 2.66 bits per heavy atom. The van der Waals surface area contributed by atoms with Gasteiger partial charge in [-0.1, -0.05) is 31.5 Å². The number of rotatable bonds is 6. The summed E-state index contributed by atoms with van der Waals surface area (Å²) in [5, 5.41) is 0. The number of benzene rings is 1. The van der Waals surface area contributed by atoms with Gasteiger partial charge >= 0.3 is 5.97 Å². The molecule has 7 heteroatoms. The molecule has 0 saturated heterocycles. The minimum atomic E-state index is -1.01. The van der Waals surface area contributed by atoms with Crippen molar-refractivity contribution in [3.8, 4) is 0 Å². The van der Waals surface area contributed by atoms with E-state index in [0.29, 0.717) is 18.2 Å². The number of ether oxygens (including phenoxy) is 1. The van der Waals surface area contributed by atoms with Crippen LogP contribution in [0.1, 0.15) is 38.4 Å². The topological polar surface area (TPSA) is 77.3 Å². The molecule has 0 aliphatic carbocycles. The van der Waals surface area contributed by atoms with Crippen LogP contribution in [0.5, 0.6) is 0 Å². The molecule has 0 unspecified atom stereocenters. The molecule has 4 rings (SSSR count). The Kier molecular flexibility index (Phi) is 5.29. The largest absolute Gasteiger partial charge is 0.465 e. The van der Waals surface area contributed by atoms with Crippen molar-refractivity contribution in [2.24, 2.45) is 5.92 Å². The summed E-state index contributed by atoms with van der Waals surface area (Å²) in [6, 6.07) is 12.6. The number of hydrogen-bond donors (Lipinski definition) is 0. The van der Waals surface area contributed by atoms with Gasteiger partial charge in [0.15, 0.2) is 5.92 Å². The molecule has 0 N–H and O–H groups in total. The molecule has 3 aromatic rings. The van der Waals surface area contributed by atoms with Gasteiger partial charge in [0.05, 0.1) is 23.3 Å². The molecule has 3 heterocycles. The lowest BCUT2D eigenvalue weighted by Crippen LogP contribution is -2.50. The fourth-order valence-electron chi connectivity index (χ4n) is 3.89. The Morgan fingerprint density at radius 1 is 1.14 bits per heavy atom. The molecule has 150 valence electrons. The number of imidazole rings is 1. The van der Waals surface area contributed by atoms with Crippen LogP contribution in [0.4, 0.5) is 5.95 Å². The van der Waals surface area contributed by atoms with Crippen molar-refractivity contribution >= 4 is 28.9 Å². The van der Waals surface area contributed by atoms with Gasteiger partial charge in [-0.2, -0.15) is 0 Å². The second kappa shape index (κ2) is 8.03. The SMILES string of the molecule is CCCCN1C(=O)[C@H](C(=O)OCC)[C@@H](c2ccccn2)n2c1nc1ccccc12. The number of hydrogen-bond acceptors (Lipinski definition) is 5. The average Bonchev–Trinajstić information content (AvgIpc) is 3.12. The molecule has 1 aliphatic rings. The molecule has 1 aliphatic heterocycles. The van der Waals surface area contributed by atoms with E-state index in [1.807, 2.05) is 47.0 Å². The van der Waals surface area contributed by atoms with E-state index in [1.54, 1.807) is 18.0 Å². The van der Waals surface area contributed by atoms with Crippen LogP contribution in [0.2, 0.25) is 0 Å². The Hall–Kier alpha value is -3.22. The number of carbonyl (C=O) groups is 2. The van der Waals surface area contributed by atoms with Crippen LogP contribution in [0, 0.1) is 5.92 Å². The van der Waals surface area contributed by atoms with Crippen LogP contribution in [-0.4, -0.2) is 39.6 Å². The maximum absolute atomic E-state index is 13.5. The number of para-hydroxylation sites is 2. The molecule has 1 amide bonds. The number of fused-ring (bicyclic) bond motifs is 3. The lowest BCUT2D eigenvalue weighted by atomic mass is 9.92. The lowest BCUT2D eigenvalue weighted by molar-refractivity contribution is -0.153. The number of unbranched alkanes of at least 4 members (excludes halogenated alkanes) is 1. The van der Waals surface area contributed by atoms with Gasteiger partial charge in [-0.05, 0) is 37.6 Å². The lowest BCUT2D eigenvalue weighted by Gasteiger charge is -2.37. The summed E-state index contributed by atoms with van der Waals surface area (Å²) in [5.41, 5.74) is 2.28. The smallest absolute Gasteiger partial charge is 0.321 e. The number of nitrogens with zero attached hydrogens (tertiary/aromatic N) is 4. The van der Waals surface area contributed by atoms with Gasteiger partial charge in [-0.15, -0.1) is 0 Å². The molecular weight excluding hydrogens is 368 g/mol. The van der Waals surface area contributed by atoms with E-state index in [2.05, 4.69) is 11.9 Å². The molecule has 29 heavy (non-hydrogen) atoms. The van der Waals surface area contributed by atoms with Gasteiger partial charge in [-0.3, -0.25) is 24.0 Å². The summed E-state index contributed by atoms with van der Waals surface area (Å²) in [6.45, 7) is 4.53. The number of amides is 1. The highest BCUT2D eigenvalue weighted by Crippen LogP contribution is 2.40. The molecule has 0 fully saturated rings. The standard InChI is InChI=1S/C22H24N4O3/c1-3-5-14-25-20(27)18(21(28)29-4-2)19(16-11-8-9-13-23-16)26-17-12-7-6-10-15(17)24-22(25)26/h6-13,18-19H,3-5,14H2,1-2H3/t18-,19-/m1/s1. The summed E-state index contributed by atoms with van der Waals surface area (Å²) in [6.07, 6.45) is 3.42. The van der Waals surface area contributed by atoms with Crippen LogP contribution in [-0.2, 0) is 14.3 Å². The van der Waals surface area contributed by atoms with Crippen molar-refractivity contribution in [1.29, 1.82) is 0 Å². The van der Waals surface area contributed by atoms with E-state index in [0.717, 1.165) is 23.9 Å². The normalized spacial score (nSPS) is 18.7. The van der Waals surface area contributed by atoms with Crippen molar-refractivity contribution in [3.05, 3.63) is 54.4 Å². The maximum Gasteiger partial charge on any atom is 0.321 e. The van der Waals surface area contributed by atoms with Gasteiger partial charge in [0.1, 0.15) is 6.04 Å². The van der Waals surface area contributed by atoms with Crippen molar-refractivity contribution in [2.75, 3.05) is 18.1 Å². The molecule has 0 saturated carbocycles. The summed E-state index contributed by atoms with van der Waals surface area (Å²) in [4.78, 5) is 37.3. The highest BCUT2D eigenvalue weighted by molar-refractivity contribution is 6.08. The van der Waals surface area contributed by atoms with Gasteiger partial charge < -0.3 is 4.74 Å². The molecule has 1 aromatic carbocycles. The van der Waals surface area contributed by atoms with E-state index >= 15 is 0 Å². The summed E-state index contributed by atoms with van der Waals surface area (Å²) in [5.74, 6) is -1.26. The van der Waals surface area contributed by atoms with E-state index < -0.39 is 17.9 Å². The van der Waals surface area contributed by atoms with Gasteiger partial charge in [0, 0.05) is 12.7 Å². The zero-order valence-corrected chi connectivity index (χ0v) is 16.6. The molecule has 2 atom stereocenters. The Bertz CT molecular complexity index is 1030. The van der Waals surface area contributed by atoms with Crippen LogP contribution < -0.4 is 4.90 Å². The quantitative estimate of drug-likeness (QED) is 0.475. The Balaban J connectivity index is 1.97. The molecule has 0 bridgehead atoms. The van der Waals surface area contributed by atoms with Crippen molar-refractivity contribution in [1.82, 2.24) is 14.5 Å². The van der Waals surface area contributed by atoms with E-state index in [1.165, 1.54) is 0 Å². The first-order valence-electron chi connectivity index (χ1n) is 10.0. The van der Waals surface area contributed by atoms with Crippen molar-refractivity contribution in [2.45, 2.75) is 32.7 Å². The first kappa shape index (κ1) is 19.1. The minimum absolute atomic E-state index is 0.212. The van der Waals surface area contributed by atoms with Crippen LogP contribution in [0.25, 0.3) is 11.0 Å². The minimum Gasteiger partial charge on any atom is -0.465 e. The van der Waals surface area contributed by atoms with Crippen LogP contribution in [0.3, 0.4) is 0 Å². The molecular formula is C22H24N4O3. The molecule has 0 spiro atoms. The first-order valence-corrected chi connectivity index (χ1v) is 10.0. The van der Waals surface area contributed by atoms with Gasteiger partial charge in [0.2, 0.25) is 11.9 Å². The third-order valence-corrected chi connectivity index (χ3v) is 5.21. The number of carbonyl (C=O) groups excluding carboxylic acids is 2. The Labute approximate surface area is 169 Å². The molecule has 0 radical (unpaired) electrons. The van der Waals surface area contributed by atoms with Gasteiger partial charge in [-0.25, -0.2) is 4.98 Å². The predicted octanol–water partition coefficient (Wildman–Crippen LogP) is 3.35. The Morgan fingerprint density at radius 2 is 1.93 bits per heavy atom. The van der Waals surface area contributed by atoms with E-state index in [9.17, 15) is 9.59 Å². The summed E-state index contributed by atoms with van der Waals surface area (Å²) >= 11 is 0. The zero-order valence-electron chi connectivity index (χ0n) is 16.6. The number of pyridine rings is 1. The zero-order chi connectivity index (χ0) is 20.4. The van der Waals surface area contributed by atoms with Crippen molar-refractivity contribution in [3.63, 3.8) is 0 Å². The third-order valence-electron chi connectivity index (χ3n) is 5.21. The van der Waals surface area contributed by atoms with Crippen molar-refractivity contribution < 1.29 is 14.3 Å². The number of esters is 1.